The summed E-state index contributed by atoms with van der Waals surface area (Å²) in [4.78, 5) is 24.4. The van der Waals surface area contributed by atoms with E-state index in [-0.39, 0.29) is 5.69 Å². The number of nitrogens with one attached hydrogen (secondary N) is 2. The molecule has 0 spiro atoms. The van der Waals surface area contributed by atoms with Crippen LogP contribution in [0.1, 0.15) is 25.7 Å². The highest BCUT2D eigenvalue weighted by Gasteiger charge is 2.14. The molecule has 0 saturated heterocycles. The summed E-state index contributed by atoms with van der Waals surface area (Å²) < 4.78 is 2.33. The molecule has 24 heavy (non-hydrogen) atoms. The predicted octanol–water partition coefficient (Wildman–Crippen LogP) is 2.47. The largest absolute Gasteiger partial charge is 0.291 e. The highest BCUT2D eigenvalue weighted by molar-refractivity contribution is 9.11. The first-order valence-corrected chi connectivity index (χ1v) is 8.49. The number of aryl methyl sites for hydroxylation is 1. The summed E-state index contributed by atoms with van der Waals surface area (Å²) in [5, 5.41) is 7.73. The minimum Gasteiger partial charge on any atom is -0.266 e. The van der Waals surface area contributed by atoms with Gasteiger partial charge in [-0.1, -0.05) is 22.9 Å². The van der Waals surface area contributed by atoms with Gasteiger partial charge in [0.15, 0.2) is 5.69 Å². The molecule has 9 heteroatoms. The standard InChI is InChI=1S/C15H12BrN5O2S/c1-9-2-4-10(5-3-9)21-8-11(17-20-21)14(22)18-19-15(23)12-6-7-13(16)24-12/h2-8H,1H3,(H,18,22)(H,19,23). The zero-order valence-corrected chi connectivity index (χ0v) is 14.9. The van der Waals surface area contributed by atoms with E-state index in [4.69, 9.17) is 0 Å². The monoisotopic (exact) mass is 405 g/mol. The van der Waals surface area contributed by atoms with E-state index in [9.17, 15) is 9.59 Å². The lowest BCUT2D eigenvalue weighted by atomic mass is 10.2. The SMILES string of the molecule is Cc1ccc(-n2cc(C(=O)NNC(=O)c3ccc(Br)s3)nn2)cc1. The molecule has 0 atom stereocenters. The van der Waals surface area contributed by atoms with Gasteiger partial charge in [0.1, 0.15) is 0 Å². The van der Waals surface area contributed by atoms with E-state index < -0.39 is 11.8 Å². The van der Waals surface area contributed by atoms with Gasteiger partial charge in [-0.2, -0.15) is 0 Å². The predicted molar refractivity (Wildman–Crippen MR) is 93.0 cm³/mol. The average molecular weight is 406 g/mol. The van der Waals surface area contributed by atoms with Crippen molar-refractivity contribution in [2.45, 2.75) is 6.92 Å². The summed E-state index contributed by atoms with van der Waals surface area (Å²) in [6, 6.07) is 11.1. The average Bonchev–Trinajstić information content (AvgIpc) is 3.22. The Morgan fingerprint density at radius 2 is 1.79 bits per heavy atom. The second-order valence-electron chi connectivity index (χ2n) is 4.90. The van der Waals surface area contributed by atoms with E-state index >= 15 is 0 Å². The molecule has 2 amide bonds. The molecule has 0 aliphatic heterocycles. The fourth-order valence-electron chi connectivity index (χ4n) is 1.87. The molecule has 0 aliphatic rings. The summed E-state index contributed by atoms with van der Waals surface area (Å²) in [6.45, 7) is 1.98. The van der Waals surface area contributed by atoms with Crippen molar-refractivity contribution in [3.63, 3.8) is 0 Å². The van der Waals surface area contributed by atoms with E-state index in [1.165, 1.54) is 22.2 Å². The highest BCUT2D eigenvalue weighted by atomic mass is 79.9. The molecule has 7 nitrogen and oxygen atoms in total. The van der Waals surface area contributed by atoms with Gasteiger partial charge in [-0.15, -0.1) is 16.4 Å². The van der Waals surface area contributed by atoms with Crippen molar-refractivity contribution in [2.24, 2.45) is 0 Å². The quantitative estimate of drug-likeness (QED) is 0.655. The number of aromatic nitrogens is 3. The van der Waals surface area contributed by atoms with Crippen LogP contribution in [0.4, 0.5) is 0 Å². The number of hydrogen-bond acceptors (Lipinski definition) is 5. The molecule has 0 radical (unpaired) electrons. The Bertz CT molecular complexity index is 887. The summed E-state index contributed by atoms with van der Waals surface area (Å²) in [7, 11) is 0. The van der Waals surface area contributed by atoms with Crippen LogP contribution in [0.3, 0.4) is 0 Å². The lowest BCUT2D eigenvalue weighted by Crippen LogP contribution is -2.41. The Hall–Kier alpha value is -2.52. The topological polar surface area (TPSA) is 88.9 Å². The van der Waals surface area contributed by atoms with E-state index in [2.05, 4.69) is 37.1 Å². The number of carbonyl (C=O) groups excluding carboxylic acids is 2. The van der Waals surface area contributed by atoms with E-state index in [1.54, 1.807) is 12.1 Å². The molecule has 2 heterocycles. The number of nitrogens with zero attached hydrogens (tertiary/aromatic N) is 3. The smallest absolute Gasteiger partial charge is 0.266 e. The number of halogens is 1. The molecular formula is C15H12BrN5O2S. The number of thiophene rings is 1. The van der Waals surface area contributed by atoms with Crippen LogP contribution in [-0.4, -0.2) is 26.8 Å². The van der Waals surface area contributed by atoms with Crippen LogP contribution in [-0.2, 0) is 0 Å². The maximum atomic E-state index is 12.0. The third kappa shape index (κ3) is 3.69. The first-order valence-electron chi connectivity index (χ1n) is 6.88. The first-order chi connectivity index (χ1) is 11.5. The Kier molecular flexibility index (Phi) is 4.72. The molecule has 1 aromatic carbocycles. The zero-order chi connectivity index (χ0) is 17.1. The van der Waals surface area contributed by atoms with Gasteiger partial charge < -0.3 is 0 Å². The van der Waals surface area contributed by atoms with Crippen LogP contribution in [0.15, 0.2) is 46.4 Å². The molecule has 0 saturated carbocycles. The van der Waals surface area contributed by atoms with Gasteiger partial charge in [0.25, 0.3) is 11.8 Å². The van der Waals surface area contributed by atoms with Gasteiger partial charge in [0.2, 0.25) is 0 Å². The molecule has 0 unspecified atom stereocenters. The minimum absolute atomic E-state index is 0.100. The second-order valence-corrected chi connectivity index (χ2v) is 7.36. The summed E-state index contributed by atoms with van der Waals surface area (Å²) in [5.74, 6) is -0.942. The van der Waals surface area contributed by atoms with Crippen LogP contribution in [0.25, 0.3) is 5.69 Å². The van der Waals surface area contributed by atoms with Crippen molar-refractivity contribution in [2.75, 3.05) is 0 Å². The van der Waals surface area contributed by atoms with Gasteiger partial charge in [0, 0.05) is 0 Å². The molecule has 122 valence electrons. The third-order valence-corrected chi connectivity index (χ3v) is 4.73. The number of benzene rings is 1. The molecular weight excluding hydrogens is 394 g/mol. The summed E-state index contributed by atoms with van der Waals surface area (Å²) in [5.41, 5.74) is 6.67. The molecule has 0 bridgehead atoms. The van der Waals surface area contributed by atoms with Gasteiger partial charge >= 0.3 is 0 Å². The molecule has 3 aromatic rings. The Balaban J connectivity index is 1.63. The molecule has 2 N–H and O–H groups in total. The summed E-state index contributed by atoms with van der Waals surface area (Å²) in [6.07, 6.45) is 1.49. The molecule has 0 aliphatic carbocycles. The minimum atomic E-state index is -0.544. The third-order valence-electron chi connectivity index (χ3n) is 3.11. The van der Waals surface area contributed by atoms with Crippen LogP contribution in [0.5, 0.6) is 0 Å². The summed E-state index contributed by atoms with van der Waals surface area (Å²) >= 11 is 4.54. The lowest BCUT2D eigenvalue weighted by molar-refractivity contribution is 0.0846. The Morgan fingerprint density at radius 1 is 1.08 bits per heavy atom. The number of hydrazine groups is 1. The van der Waals surface area contributed by atoms with Crippen molar-refractivity contribution in [1.82, 2.24) is 25.8 Å². The molecule has 0 fully saturated rings. The number of amides is 2. The fraction of sp³-hybridized carbons (Fsp3) is 0.0667. The lowest BCUT2D eigenvalue weighted by Gasteiger charge is -2.03. The van der Waals surface area contributed by atoms with Gasteiger partial charge in [-0.3, -0.25) is 20.4 Å². The Labute approximate surface area is 149 Å². The van der Waals surface area contributed by atoms with E-state index in [1.807, 2.05) is 31.2 Å². The second kappa shape index (κ2) is 6.93. The van der Waals surface area contributed by atoms with Crippen LogP contribution < -0.4 is 10.9 Å². The van der Waals surface area contributed by atoms with Crippen molar-refractivity contribution in [3.05, 3.63) is 62.5 Å². The highest BCUT2D eigenvalue weighted by Crippen LogP contribution is 2.21. The number of hydrogen-bond donors (Lipinski definition) is 2. The van der Waals surface area contributed by atoms with Crippen LogP contribution in [0, 0.1) is 6.92 Å². The normalized spacial score (nSPS) is 10.4. The van der Waals surface area contributed by atoms with Crippen LogP contribution in [0.2, 0.25) is 0 Å². The first kappa shape index (κ1) is 16.3. The molecule has 2 aromatic heterocycles. The van der Waals surface area contributed by atoms with Crippen LogP contribution >= 0.6 is 27.3 Å². The fourth-order valence-corrected chi connectivity index (χ4v) is 3.15. The van der Waals surface area contributed by atoms with Crippen molar-refractivity contribution >= 4 is 39.1 Å². The van der Waals surface area contributed by atoms with E-state index in [0.717, 1.165) is 15.0 Å². The zero-order valence-electron chi connectivity index (χ0n) is 12.5. The van der Waals surface area contributed by atoms with E-state index in [0.29, 0.717) is 4.88 Å². The number of carbonyl (C=O) groups is 2. The maximum Gasteiger partial charge on any atom is 0.291 e. The Morgan fingerprint density at radius 3 is 2.46 bits per heavy atom. The molecule has 3 rings (SSSR count). The maximum absolute atomic E-state index is 12.0. The number of rotatable bonds is 3. The van der Waals surface area contributed by atoms with Gasteiger partial charge in [-0.25, -0.2) is 4.68 Å². The van der Waals surface area contributed by atoms with Gasteiger partial charge in [0.05, 0.1) is 20.5 Å². The van der Waals surface area contributed by atoms with Crippen molar-refractivity contribution in [1.29, 1.82) is 0 Å². The van der Waals surface area contributed by atoms with Crippen molar-refractivity contribution < 1.29 is 9.59 Å². The van der Waals surface area contributed by atoms with Crippen molar-refractivity contribution in [3.8, 4) is 5.69 Å². The van der Waals surface area contributed by atoms with Gasteiger partial charge in [-0.05, 0) is 47.1 Å².